The van der Waals surface area contributed by atoms with Gasteiger partial charge in [0.15, 0.2) is 0 Å². The fraction of sp³-hybridized carbons (Fsp3) is 0.138. The van der Waals surface area contributed by atoms with Crippen molar-refractivity contribution >= 4 is 39.2 Å². The number of hydrogen-bond acceptors (Lipinski definition) is 6. The van der Waals surface area contributed by atoms with Crippen LogP contribution >= 0.6 is 11.6 Å². The minimum atomic E-state index is -3.88. The molecule has 1 N–H and O–H groups in total. The first-order valence-electron chi connectivity index (χ1n) is 12.0. The number of esters is 1. The number of benzene rings is 3. The number of anilines is 1. The summed E-state index contributed by atoms with van der Waals surface area (Å²) in [5.41, 5.74) is 2.30. The third kappa shape index (κ3) is 7.51. The Morgan fingerprint density at radius 1 is 0.897 bits per heavy atom. The fourth-order valence-electron chi connectivity index (χ4n) is 3.83. The largest absolute Gasteiger partial charge is 0.447 e. The molecule has 3 aromatic carbocycles. The summed E-state index contributed by atoms with van der Waals surface area (Å²) in [4.78, 5) is 28.9. The van der Waals surface area contributed by atoms with Gasteiger partial charge in [-0.15, -0.1) is 0 Å². The molecular formula is C29H26ClN3O5S. The van der Waals surface area contributed by atoms with Crippen LogP contribution in [0, 0.1) is 0 Å². The fourth-order valence-corrected chi connectivity index (χ4v) is 5.35. The Hall–Kier alpha value is -4.05. The Bertz CT molecular complexity index is 1520. The highest BCUT2D eigenvalue weighted by atomic mass is 35.5. The summed E-state index contributed by atoms with van der Waals surface area (Å²) in [5.74, 6) is -1.09. The van der Waals surface area contributed by atoms with E-state index in [9.17, 15) is 18.0 Å². The van der Waals surface area contributed by atoms with Gasteiger partial charge in [0.1, 0.15) is 0 Å². The molecule has 4 aromatic rings. The number of nitrogens with zero attached hydrogens (tertiary/aromatic N) is 2. The van der Waals surface area contributed by atoms with Crippen molar-refractivity contribution in [1.82, 2.24) is 9.29 Å². The van der Waals surface area contributed by atoms with E-state index in [1.165, 1.54) is 35.5 Å². The van der Waals surface area contributed by atoms with E-state index in [2.05, 4.69) is 10.3 Å². The number of sulfonamides is 1. The molecule has 1 atom stereocenters. The van der Waals surface area contributed by atoms with Gasteiger partial charge in [0.2, 0.25) is 16.1 Å². The molecule has 10 heteroatoms. The summed E-state index contributed by atoms with van der Waals surface area (Å²) >= 11 is 5.96. The van der Waals surface area contributed by atoms with E-state index in [1.807, 2.05) is 0 Å². The number of hydrogen-bond donors (Lipinski definition) is 1. The van der Waals surface area contributed by atoms with Gasteiger partial charge < -0.3 is 10.1 Å². The van der Waals surface area contributed by atoms with Gasteiger partial charge >= 0.3 is 5.97 Å². The van der Waals surface area contributed by atoms with Crippen LogP contribution in [0.1, 0.15) is 29.8 Å². The molecule has 1 aromatic heterocycles. The summed E-state index contributed by atoms with van der Waals surface area (Å²) in [5, 5.41) is 3.19. The predicted octanol–water partition coefficient (Wildman–Crippen LogP) is 5.37. The van der Waals surface area contributed by atoms with E-state index < -0.39 is 28.0 Å². The zero-order valence-electron chi connectivity index (χ0n) is 21.0. The molecule has 0 aliphatic carbocycles. The molecule has 200 valence electrons. The molecule has 1 heterocycles. The van der Waals surface area contributed by atoms with E-state index in [0.717, 1.165) is 0 Å². The van der Waals surface area contributed by atoms with Crippen molar-refractivity contribution in [2.75, 3.05) is 5.32 Å². The van der Waals surface area contributed by atoms with Gasteiger partial charge in [-0.2, -0.15) is 4.31 Å². The number of amides is 1. The number of aromatic nitrogens is 1. The van der Waals surface area contributed by atoms with E-state index in [4.69, 9.17) is 16.3 Å². The van der Waals surface area contributed by atoms with Gasteiger partial charge in [-0.25, -0.2) is 8.42 Å². The normalized spacial score (nSPS) is 12.1. The maximum atomic E-state index is 13.5. The SMILES string of the molecule is CC(=O)OC(C(=O)Nc1ccc(CN(Cc2ccccn2)S(=O)(=O)c2ccc(Cl)cc2)cc1)c1ccccc1. The number of pyridine rings is 1. The van der Waals surface area contributed by atoms with Gasteiger partial charge in [0, 0.05) is 35.9 Å². The van der Waals surface area contributed by atoms with Crippen LogP contribution in [0.25, 0.3) is 0 Å². The highest BCUT2D eigenvalue weighted by molar-refractivity contribution is 7.89. The van der Waals surface area contributed by atoms with Crippen LogP contribution in [-0.2, 0) is 37.4 Å². The second kappa shape index (κ2) is 12.7. The van der Waals surface area contributed by atoms with Gasteiger partial charge in [0.05, 0.1) is 17.1 Å². The standard InChI is InChI=1S/C29H26ClN3O5S/c1-21(34)38-28(23-7-3-2-4-8-23)29(35)32-25-14-10-22(11-15-25)19-33(20-26-9-5-6-18-31-26)39(36,37)27-16-12-24(30)13-17-27/h2-18,28H,19-20H2,1H3,(H,32,35). The molecule has 0 radical (unpaired) electrons. The summed E-state index contributed by atoms with van der Waals surface area (Å²) in [6.07, 6.45) is 0.500. The van der Waals surface area contributed by atoms with E-state index in [0.29, 0.717) is 27.5 Å². The number of ether oxygens (including phenoxy) is 1. The molecule has 0 aliphatic heterocycles. The van der Waals surface area contributed by atoms with Gasteiger partial charge in [0.25, 0.3) is 5.91 Å². The molecule has 0 aliphatic rings. The minimum absolute atomic E-state index is 0.0609. The Morgan fingerprint density at radius 2 is 1.56 bits per heavy atom. The third-order valence-corrected chi connectivity index (χ3v) is 7.78. The molecule has 1 amide bonds. The van der Waals surface area contributed by atoms with Crippen LogP contribution in [0.15, 0.2) is 108 Å². The maximum absolute atomic E-state index is 13.5. The molecule has 0 spiro atoms. The highest BCUT2D eigenvalue weighted by Crippen LogP contribution is 2.24. The molecule has 0 bridgehead atoms. The molecule has 0 saturated heterocycles. The van der Waals surface area contributed by atoms with Crippen LogP contribution in [0.3, 0.4) is 0 Å². The lowest BCUT2D eigenvalue weighted by Gasteiger charge is -2.22. The number of carbonyl (C=O) groups excluding carboxylic acids is 2. The molecule has 0 fully saturated rings. The summed E-state index contributed by atoms with van der Waals surface area (Å²) in [7, 11) is -3.88. The third-order valence-electron chi connectivity index (χ3n) is 5.72. The zero-order valence-corrected chi connectivity index (χ0v) is 22.6. The Balaban J connectivity index is 1.53. The molecule has 0 saturated carbocycles. The second-order valence-electron chi connectivity index (χ2n) is 8.63. The van der Waals surface area contributed by atoms with Crippen molar-refractivity contribution in [3.8, 4) is 0 Å². The smallest absolute Gasteiger partial charge is 0.303 e. The van der Waals surface area contributed by atoms with Crippen molar-refractivity contribution in [3.63, 3.8) is 0 Å². The van der Waals surface area contributed by atoms with Crippen molar-refractivity contribution < 1.29 is 22.7 Å². The topological polar surface area (TPSA) is 106 Å². The Kier molecular flexibility index (Phi) is 9.08. The van der Waals surface area contributed by atoms with E-state index >= 15 is 0 Å². The highest BCUT2D eigenvalue weighted by Gasteiger charge is 2.26. The lowest BCUT2D eigenvalue weighted by Crippen LogP contribution is -2.30. The number of rotatable bonds is 10. The van der Waals surface area contributed by atoms with Crippen molar-refractivity contribution in [1.29, 1.82) is 0 Å². The first-order valence-corrected chi connectivity index (χ1v) is 13.8. The molecule has 1 unspecified atom stereocenters. The Labute approximate surface area is 232 Å². The van der Waals surface area contributed by atoms with Crippen LogP contribution in [-0.4, -0.2) is 29.6 Å². The van der Waals surface area contributed by atoms with Crippen molar-refractivity contribution in [2.24, 2.45) is 0 Å². The molecule has 4 rings (SSSR count). The first kappa shape index (κ1) is 28.0. The molecule has 8 nitrogen and oxygen atoms in total. The van der Waals surface area contributed by atoms with Crippen molar-refractivity contribution in [2.45, 2.75) is 31.0 Å². The lowest BCUT2D eigenvalue weighted by atomic mass is 10.1. The average molecular weight is 564 g/mol. The summed E-state index contributed by atoms with van der Waals surface area (Å²) < 4.78 is 33.6. The predicted molar refractivity (Wildman–Crippen MR) is 148 cm³/mol. The van der Waals surface area contributed by atoms with Gasteiger partial charge in [-0.3, -0.25) is 14.6 Å². The van der Waals surface area contributed by atoms with Crippen molar-refractivity contribution in [3.05, 3.63) is 125 Å². The first-order chi connectivity index (χ1) is 18.7. The maximum Gasteiger partial charge on any atom is 0.303 e. The average Bonchev–Trinajstić information content (AvgIpc) is 2.93. The second-order valence-corrected chi connectivity index (χ2v) is 11.0. The van der Waals surface area contributed by atoms with Gasteiger partial charge in [-0.1, -0.05) is 60.1 Å². The quantitative estimate of drug-likeness (QED) is 0.260. The minimum Gasteiger partial charge on any atom is -0.447 e. The molecule has 39 heavy (non-hydrogen) atoms. The van der Waals surface area contributed by atoms with Crippen LogP contribution < -0.4 is 5.32 Å². The van der Waals surface area contributed by atoms with Crippen LogP contribution in [0.4, 0.5) is 5.69 Å². The van der Waals surface area contributed by atoms with E-state index in [1.54, 1.807) is 79.0 Å². The zero-order chi connectivity index (χ0) is 27.8. The number of halogens is 1. The summed E-state index contributed by atoms with van der Waals surface area (Å²) in [6, 6.07) is 26.8. The Morgan fingerprint density at radius 3 is 2.18 bits per heavy atom. The van der Waals surface area contributed by atoms with Crippen LogP contribution in [0.2, 0.25) is 5.02 Å². The lowest BCUT2D eigenvalue weighted by molar-refractivity contribution is -0.152. The number of nitrogens with one attached hydrogen (secondary N) is 1. The van der Waals surface area contributed by atoms with E-state index in [-0.39, 0.29) is 18.0 Å². The number of carbonyl (C=O) groups is 2. The van der Waals surface area contributed by atoms with Crippen LogP contribution in [0.5, 0.6) is 0 Å². The van der Waals surface area contributed by atoms with Gasteiger partial charge in [-0.05, 0) is 54.1 Å². The summed E-state index contributed by atoms with van der Waals surface area (Å²) in [6.45, 7) is 1.37. The monoisotopic (exact) mass is 563 g/mol. The molecular weight excluding hydrogens is 538 g/mol.